The van der Waals surface area contributed by atoms with Crippen LogP contribution in [0.2, 0.25) is 0 Å². The summed E-state index contributed by atoms with van der Waals surface area (Å²) in [6, 6.07) is 0. The van der Waals surface area contributed by atoms with E-state index in [2.05, 4.69) is 35.6 Å². The Labute approximate surface area is 110 Å². The van der Waals surface area contributed by atoms with Crippen LogP contribution in [-0.4, -0.2) is 5.92 Å². The normalized spacial score (nSPS) is 31.8. The van der Waals surface area contributed by atoms with E-state index in [9.17, 15) is 8.78 Å². The lowest BCUT2D eigenvalue weighted by Gasteiger charge is -2.43. The zero-order valence-corrected chi connectivity index (χ0v) is 11.8. The van der Waals surface area contributed by atoms with Crippen LogP contribution in [0.4, 0.5) is 8.78 Å². The number of alkyl halides is 2. The van der Waals surface area contributed by atoms with Gasteiger partial charge in [-0.05, 0) is 63.2 Å². The second kappa shape index (κ2) is 4.91. The monoisotopic (exact) mass is 340 g/mol. The van der Waals surface area contributed by atoms with Gasteiger partial charge < -0.3 is 0 Å². The van der Waals surface area contributed by atoms with E-state index in [0.717, 1.165) is 19.3 Å². The third-order valence-corrected chi connectivity index (χ3v) is 5.18. The number of hydrogen-bond donors (Lipinski definition) is 0. The minimum atomic E-state index is -2.35. The molecule has 0 bridgehead atoms. The summed E-state index contributed by atoms with van der Waals surface area (Å²) in [5.74, 6) is -0.879. The molecule has 16 heavy (non-hydrogen) atoms. The summed E-state index contributed by atoms with van der Waals surface area (Å²) in [6.07, 6.45) is 7.12. The summed E-state index contributed by atoms with van der Waals surface area (Å²) in [4.78, 5) is 0. The predicted molar refractivity (Wildman–Crippen MR) is 70.9 cm³/mol. The van der Waals surface area contributed by atoms with Gasteiger partial charge in [0.15, 0.2) is 0 Å². The van der Waals surface area contributed by atoms with Crippen LogP contribution in [0.5, 0.6) is 0 Å². The largest absolute Gasteiger partial charge is 0.248 e. The highest BCUT2D eigenvalue weighted by molar-refractivity contribution is 14.1. The molecule has 2 aliphatic carbocycles. The molecule has 0 radical (unpaired) electrons. The van der Waals surface area contributed by atoms with Crippen molar-refractivity contribution in [1.82, 2.24) is 0 Å². The van der Waals surface area contributed by atoms with Crippen molar-refractivity contribution in [3.8, 4) is 0 Å². The SMILES string of the molecule is CCC(C1CC=C(I)CC1)C1CC(F)(F)C1. The van der Waals surface area contributed by atoms with Crippen molar-refractivity contribution in [1.29, 1.82) is 0 Å². The van der Waals surface area contributed by atoms with E-state index in [4.69, 9.17) is 0 Å². The van der Waals surface area contributed by atoms with E-state index in [-0.39, 0.29) is 18.8 Å². The lowest BCUT2D eigenvalue weighted by atomic mass is 9.65. The fourth-order valence-corrected chi connectivity index (χ4v) is 3.84. The van der Waals surface area contributed by atoms with Gasteiger partial charge >= 0.3 is 0 Å². The minimum absolute atomic E-state index is 0.142. The highest BCUT2D eigenvalue weighted by atomic mass is 127. The van der Waals surface area contributed by atoms with Crippen LogP contribution < -0.4 is 0 Å². The third-order valence-electron chi connectivity index (χ3n) is 4.20. The van der Waals surface area contributed by atoms with Crippen LogP contribution >= 0.6 is 22.6 Å². The molecule has 0 spiro atoms. The van der Waals surface area contributed by atoms with Gasteiger partial charge in [0.2, 0.25) is 5.92 Å². The smallest absolute Gasteiger partial charge is 0.207 e. The lowest BCUT2D eigenvalue weighted by molar-refractivity contribution is -0.133. The quantitative estimate of drug-likeness (QED) is 0.621. The molecule has 2 atom stereocenters. The second-order valence-corrected chi connectivity index (χ2v) is 6.67. The van der Waals surface area contributed by atoms with Gasteiger partial charge in [-0.15, -0.1) is 0 Å². The Morgan fingerprint density at radius 3 is 2.56 bits per heavy atom. The first-order chi connectivity index (χ1) is 7.52. The average Bonchev–Trinajstić information content (AvgIpc) is 2.19. The van der Waals surface area contributed by atoms with E-state index in [1.54, 1.807) is 0 Å². The third kappa shape index (κ3) is 2.77. The first kappa shape index (κ1) is 12.8. The number of allylic oxidation sites excluding steroid dienone is 2. The fraction of sp³-hybridized carbons (Fsp3) is 0.846. The summed E-state index contributed by atoms with van der Waals surface area (Å²) in [6.45, 7) is 2.16. The molecule has 3 heteroatoms. The molecule has 0 nitrogen and oxygen atoms in total. The van der Waals surface area contributed by atoms with Gasteiger partial charge in [-0.1, -0.05) is 19.4 Å². The summed E-state index contributed by atoms with van der Waals surface area (Å²) in [7, 11) is 0. The Kier molecular flexibility index (Phi) is 3.92. The first-order valence-corrected chi connectivity index (χ1v) is 7.32. The van der Waals surface area contributed by atoms with Crippen molar-refractivity contribution in [2.45, 2.75) is 51.4 Å². The maximum Gasteiger partial charge on any atom is 0.248 e. The molecule has 2 unspecified atom stereocenters. The van der Waals surface area contributed by atoms with Crippen molar-refractivity contribution >= 4 is 22.6 Å². The van der Waals surface area contributed by atoms with Gasteiger partial charge in [-0.3, -0.25) is 0 Å². The summed E-state index contributed by atoms with van der Waals surface area (Å²) < 4.78 is 27.2. The van der Waals surface area contributed by atoms with Crippen LogP contribution in [0.1, 0.15) is 45.4 Å². The molecule has 1 fully saturated rings. The van der Waals surface area contributed by atoms with Crippen molar-refractivity contribution in [2.75, 3.05) is 0 Å². The molecule has 2 aliphatic rings. The van der Waals surface area contributed by atoms with Gasteiger partial charge in [0.25, 0.3) is 0 Å². The molecular formula is C13H19F2I. The Balaban J connectivity index is 1.91. The van der Waals surface area contributed by atoms with Crippen LogP contribution in [0, 0.1) is 17.8 Å². The maximum absolute atomic E-state index is 12.9. The van der Waals surface area contributed by atoms with Crippen LogP contribution in [0.3, 0.4) is 0 Å². The van der Waals surface area contributed by atoms with Gasteiger partial charge in [-0.2, -0.15) is 0 Å². The number of hydrogen-bond acceptors (Lipinski definition) is 0. The molecular weight excluding hydrogens is 321 g/mol. The Morgan fingerprint density at radius 1 is 1.44 bits per heavy atom. The Bertz CT molecular complexity index is 278. The molecule has 0 saturated heterocycles. The molecule has 0 aliphatic heterocycles. The molecule has 0 aromatic heterocycles. The zero-order chi connectivity index (χ0) is 11.8. The van der Waals surface area contributed by atoms with E-state index < -0.39 is 5.92 Å². The van der Waals surface area contributed by atoms with E-state index in [1.165, 1.54) is 10.0 Å². The van der Waals surface area contributed by atoms with Crippen molar-refractivity contribution in [2.24, 2.45) is 17.8 Å². The maximum atomic E-state index is 12.9. The molecule has 0 heterocycles. The highest BCUT2D eigenvalue weighted by Crippen LogP contribution is 2.50. The molecule has 92 valence electrons. The highest BCUT2D eigenvalue weighted by Gasteiger charge is 2.49. The second-order valence-electron chi connectivity index (χ2n) is 5.28. The molecule has 0 N–H and O–H groups in total. The number of rotatable bonds is 3. The zero-order valence-electron chi connectivity index (χ0n) is 9.69. The lowest BCUT2D eigenvalue weighted by Crippen LogP contribution is -2.41. The molecule has 0 aromatic rings. The molecule has 0 aromatic carbocycles. The molecule has 0 amide bonds. The molecule has 1 saturated carbocycles. The standard InChI is InChI=1S/C13H19F2I/c1-2-12(10-7-13(14,15)8-10)9-3-5-11(16)6-4-9/h5,9-10,12H,2-4,6-8H2,1H3. The van der Waals surface area contributed by atoms with E-state index in [0.29, 0.717) is 11.8 Å². The van der Waals surface area contributed by atoms with Crippen LogP contribution in [-0.2, 0) is 0 Å². The van der Waals surface area contributed by atoms with Crippen molar-refractivity contribution < 1.29 is 8.78 Å². The van der Waals surface area contributed by atoms with Crippen LogP contribution in [0.25, 0.3) is 0 Å². The van der Waals surface area contributed by atoms with Gasteiger partial charge in [0, 0.05) is 12.8 Å². The average molecular weight is 340 g/mol. The van der Waals surface area contributed by atoms with Crippen molar-refractivity contribution in [3.05, 3.63) is 9.66 Å². The van der Waals surface area contributed by atoms with Gasteiger partial charge in [-0.25, -0.2) is 8.78 Å². The van der Waals surface area contributed by atoms with E-state index >= 15 is 0 Å². The molecule has 2 rings (SSSR count). The Morgan fingerprint density at radius 2 is 2.12 bits per heavy atom. The predicted octanol–water partition coefficient (Wildman–Crippen LogP) is 5.18. The summed E-state index contributed by atoms with van der Waals surface area (Å²) in [5, 5.41) is 0. The fourth-order valence-electron chi connectivity index (χ4n) is 3.27. The summed E-state index contributed by atoms with van der Waals surface area (Å²) >= 11 is 2.39. The van der Waals surface area contributed by atoms with Crippen LogP contribution in [0.15, 0.2) is 9.66 Å². The minimum Gasteiger partial charge on any atom is -0.207 e. The van der Waals surface area contributed by atoms with Gasteiger partial charge in [0.1, 0.15) is 0 Å². The Hall–Kier alpha value is 0.330. The van der Waals surface area contributed by atoms with E-state index in [1.807, 2.05) is 0 Å². The van der Waals surface area contributed by atoms with Gasteiger partial charge in [0.05, 0.1) is 0 Å². The summed E-state index contributed by atoms with van der Waals surface area (Å²) in [5.41, 5.74) is 0. The number of halogens is 3. The van der Waals surface area contributed by atoms with Crippen molar-refractivity contribution in [3.63, 3.8) is 0 Å². The topological polar surface area (TPSA) is 0 Å². The first-order valence-electron chi connectivity index (χ1n) is 6.24.